The van der Waals surface area contributed by atoms with E-state index in [9.17, 15) is 0 Å². The first-order valence-corrected chi connectivity index (χ1v) is 7.04. The zero-order valence-corrected chi connectivity index (χ0v) is 11.8. The molecule has 2 aromatic rings. The lowest BCUT2D eigenvalue weighted by Gasteiger charge is -2.11. The van der Waals surface area contributed by atoms with Crippen LogP contribution in [0.4, 0.5) is 0 Å². The minimum atomic E-state index is 0.0171. The van der Waals surface area contributed by atoms with Crippen molar-refractivity contribution in [1.29, 1.82) is 0 Å². The van der Waals surface area contributed by atoms with Crippen molar-refractivity contribution >= 4 is 39.2 Å². The lowest BCUT2D eigenvalue weighted by atomic mass is 10.1. The first kappa shape index (κ1) is 12.0. The molecule has 0 aliphatic carbocycles. The minimum absolute atomic E-state index is 0.0171. The van der Waals surface area contributed by atoms with Gasteiger partial charge in [-0.2, -0.15) is 4.37 Å². The Kier molecular flexibility index (Phi) is 3.96. The van der Waals surface area contributed by atoms with Gasteiger partial charge in [-0.25, -0.2) is 4.98 Å². The molecule has 0 fully saturated rings. The molecule has 0 bridgehead atoms. The fraction of sp³-hybridized carbons (Fsp3) is 0.200. The highest BCUT2D eigenvalue weighted by molar-refractivity contribution is 9.10. The normalized spacial score (nSPS) is 12.7. The zero-order valence-electron chi connectivity index (χ0n) is 8.55. The number of benzene rings is 1. The lowest BCUT2D eigenvalue weighted by molar-refractivity contribution is 0.797. The summed E-state index contributed by atoms with van der Waals surface area (Å²) in [6.07, 6.45) is 1.57. The van der Waals surface area contributed by atoms with Crippen molar-refractivity contribution in [3.05, 3.63) is 34.6 Å². The molecule has 0 aliphatic heterocycles. The summed E-state index contributed by atoms with van der Waals surface area (Å²) in [6.45, 7) is 1.98. The predicted molar refractivity (Wildman–Crippen MR) is 70.8 cm³/mol. The smallest absolute Gasteiger partial charge is 0.174 e. The highest BCUT2D eigenvalue weighted by atomic mass is 79.9. The fourth-order valence-electron chi connectivity index (χ4n) is 1.27. The number of aromatic nitrogens is 2. The Balaban J connectivity index is 2.34. The Morgan fingerprint density at radius 3 is 2.94 bits per heavy atom. The molecule has 0 saturated heterocycles. The van der Waals surface area contributed by atoms with Crippen LogP contribution in [0, 0.1) is 0 Å². The van der Waals surface area contributed by atoms with Crippen molar-refractivity contribution in [3.8, 4) is 0 Å². The number of hydrogen-bond acceptors (Lipinski definition) is 5. The molecule has 16 heavy (non-hydrogen) atoms. The minimum Gasteiger partial charge on any atom is -0.324 e. The van der Waals surface area contributed by atoms with Crippen LogP contribution in [0.3, 0.4) is 0 Å². The predicted octanol–water partition coefficient (Wildman–Crippen LogP) is 3.47. The molecular formula is C10H10BrN3S2. The maximum atomic E-state index is 5.93. The maximum absolute atomic E-state index is 5.93. The third-order valence-electron chi connectivity index (χ3n) is 2.00. The number of nitrogens with two attached hydrogens (primary N) is 1. The molecule has 0 radical (unpaired) electrons. The van der Waals surface area contributed by atoms with E-state index in [2.05, 4.69) is 31.4 Å². The summed E-state index contributed by atoms with van der Waals surface area (Å²) < 4.78 is 5.96. The molecule has 6 heteroatoms. The standard InChI is InChI=1S/C10H10BrN3S2/c1-6(12)8-3-2-7(11)4-9(8)15-10-13-5-14-16-10/h2-6H,12H2,1H3. The summed E-state index contributed by atoms with van der Waals surface area (Å²) in [4.78, 5) is 5.28. The molecule has 1 atom stereocenters. The second-order valence-electron chi connectivity index (χ2n) is 3.28. The number of nitrogens with zero attached hydrogens (tertiary/aromatic N) is 2. The van der Waals surface area contributed by atoms with Crippen LogP contribution < -0.4 is 5.73 Å². The van der Waals surface area contributed by atoms with Crippen molar-refractivity contribution in [2.24, 2.45) is 5.73 Å². The van der Waals surface area contributed by atoms with Gasteiger partial charge < -0.3 is 5.73 Å². The van der Waals surface area contributed by atoms with E-state index in [1.807, 2.05) is 19.1 Å². The van der Waals surface area contributed by atoms with E-state index >= 15 is 0 Å². The molecule has 84 valence electrons. The molecular weight excluding hydrogens is 306 g/mol. The highest BCUT2D eigenvalue weighted by Gasteiger charge is 2.10. The van der Waals surface area contributed by atoms with Crippen LogP contribution >= 0.6 is 39.2 Å². The van der Waals surface area contributed by atoms with Crippen LogP contribution in [0.15, 0.2) is 38.2 Å². The maximum Gasteiger partial charge on any atom is 0.174 e. The van der Waals surface area contributed by atoms with Crippen LogP contribution in [0.2, 0.25) is 0 Å². The Morgan fingerprint density at radius 1 is 1.50 bits per heavy atom. The Bertz CT molecular complexity index is 471. The van der Waals surface area contributed by atoms with E-state index in [0.717, 1.165) is 19.3 Å². The third kappa shape index (κ3) is 2.82. The molecule has 2 N–H and O–H groups in total. The average Bonchev–Trinajstić information content (AvgIpc) is 2.70. The van der Waals surface area contributed by atoms with Crippen LogP contribution in [-0.4, -0.2) is 9.36 Å². The second-order valence-corrected chi connectivity index (χ2v) is 6.26. The Hall–Kier alpha value is -0.430. The summed E-state index contributed by atoms with van der Waals surface area (Å²) in [5.74, 6) is 0. The highest BCUT2D eigenvalue weighted by Crippen LogP contribution is 2.34. The first-order valence-electron chi connectivity index (χ1n) is 4.66. The molecule has 1 heterocycles. The van der Waals surface area contributed by atoms with Gasteiger partial charge in [0.05, 0.1) is 0 Å². The molecule has 0 spiro atoms. The lowest BCUT2D eigenvalue weighted by Crippen LogP contribution is -2.06. The molecule has 0 saturated carbocycles. The van der Waals surface area contributed by atoms with E-state index in [-0.39, 0.29) is 6.04 Å². The van der Waals surface area contributed by atoms with E-state index in [0.29, 0.717) is 0 Å². The molecule has 0 aliphatic rings. The second kappa shape index (κ2) is 5.27. The topological polar surface area (TPSA) is 51.8 Å². The zero-order chi connectivity index (χ0) is 11.5. The number of rotatable bonds is 3. The van der Waals surface area contributed by atoms with Gasteiger partial charge in [0, 0.05) is 15.4 Å². The molecule has 3 nitrogen and oxygen atoms in total. The van der Waals surface area contributed by atoms with Gasteiger partial charge in [-0.3, -0.25) is 0 Å². The summed E-state index contributed by atoms with van der Waals surface area (Å²) in [7, 11) is 0. The molecule has 0 amide bonds. The van der Waals surface area contributed by atoms with Gasteiger partial charge >= 0.3 is 0 Å². The molecule has 2 rings (SSSR count). The Morgan fingerprint density at radius 2 is 2.31 bits per heavy atom. The fourth-order valence-corrected chi connectivity index (χ4v) is 3.46. The number of hydrogen-bond donors (Lipinski definition) is 1. The van der Waals surface area contributed by atoms with E-state index < -0.39 is 0 Å². The van der Waals surface area contributed by atoms with Crippen molar-refractivity contribution in [1.82, 2.24) is 9.36 Å². The van der Waals surface area contributed by atoms with Gasteiger partial charge in [0.15, 0.2) is 4.34 Å². The van der Waals surface area contributed by atoms with Gasteiger partial charge in [-0.15, -0.1) is 0 Å². The monoisotopic (exact) mass is 315 g/mol. The summed E-state index contributed by atoms with van der Waals surface area (Å²) in [5.41, 5.74) is 7.06. The molecule has 1 unspecified atom stereocenters. The SMILES string of the molecule is CC(N)c1ccc(Br)cc1Sc1ncns1. The van der Waals surface area contributed by atoms with Gasteiger partial charge in [0.1, 0.15) is 6.33 Å². The van der Waals surface area contributed by atoms with Crippen LogP contribution in [0.1, 0.15) is 18.5 Å². The summed E-state index contributed by atoms with van der Waals surface area (Å²) in [5, 5.41) is 0. The van der Waals surface area contributed by atoms with Gasteiger partial charge in [-0.05, 0) is 36.2 Å². The van der Waals surface area contributed by atoms with Crippen LogP contribution in [0.5, 0.6) is 0 Å². The van der Waals surface area contributed by atoms with Crippen molar-refractivity contribution in [2.45, 2.75) is 22.2 Å². The largest absolute Gasteiger partial charge is 0.324 e. The van der Waals surface area contributed by atoms with Crippen LogP contribution in [0.25, 0.3) is 0 Å². The van der Waals surface area contributed by atoms with E-state index in [4.69, 9.17) is 5.73 Å². The van der Waals surface area contributed by atoms with Crippen molar-refractivity contribution < 1.29 is 0 Å². The average molecular weight is 316 g/mol. The summed E-state index contributed by atoms with van der Waals surface area (Å²) >= 11 is 6.45. The van der Waals surface area contributed by atoms with Crippen LogP contribution in [-0.2, 0) is 0 Å². The Labute approximate surface area is 111 Å². The van der Waals surface area contributed by atoms with Gasteiger partial charge in [0.25, 0.3) is 0 Å². The van der Waals surface area contributed by atoms with E-state index in [1.54, 1.807) is 18.1 Å². The van der Waals surface area contributed by atoms with Gasteiger partial charge in [-0.1, -0.05) is 33.8 Å². The molecule has 1 aromatic carbocycles. The first-order chi connectivity index (χ1) is 7.66. The quantitative estimate of drug-likeness (QED) is 0.942. The molecule has 1 aromatic heterocycles. The summed E-state index contributed by atoms with van der Waals surface area (Å²) in [6, 6.07) is 6.12. The number of halogens is 1. The third-order valence-corrected chi connectivity index (χ3v) is 4.29. The van der Waals surface area contributed by atoms with E-state index in [1.165, 1.54) is 11.5 Å². The van der Waals surface area contributed by atoms with Crippen molar-refractivity contribution in [2.75, 3.05) is 0 Å². The van der Waals surface area contributed by atoms with Gasteiger partial charge in [0.2, 0.25) is 0 Å². The van der Waals surface area contributed by atoms with Crippen molar-refractivity contribution in [3.63, 3.8) is 0 Å².